The van der Waals surface area contributed by atoms with Crippen molar-refractivity contribution in [3.05, 3.63) is 64.6 Å². The van der Waals surface area contributed by atoms with Gasteiger partial charge in [0.15, 0.2) is 0 Å². The summed E-state index contributed by atoms with van der Waals surface area (Å²) in [7, 11) is 0. The number of thiophene rings is 1. The van der Waals surface area contributed by atoms with Gasteiger partial charge in [0, 0.05) is 35.9 Å². The second kappa shape index (κ2) is 7.43. The highest BCUT2D eigenvalue weighted by atomic mass is 32.1. The molecular weight excluding hydrogens is 346 g/mol. The number of aliphatic hydroxyl groups excluding tert-OH is 1. The fourth-order valence-corrected chi connectivity index (χ4v) is 4.37. The van der Waals surface area contributed by atoms with Crippen molar-refractivity contribution in [2.75, 3.05) is 13.1 Å². The van der Waals surface area contributed by atoms with E-state index in [0.29, 0.717) is 24.5 Å². The lowest BCUT2D eigenvalue weighted by molar-refractivity contribution is 0.0474. The Morgan fingerprint density at radius 3 is 2.73 bits per heavy atom. The van der Waals surface area contributed by atoms with E-state index in [1.165, 1.54) is 0 Å². The van der Waals surface area contributed by atoms with Crippen molar-refractivity contribution in [1.29, 1.82) is 0 Å². The number of rotatable bonds is 4. The minimum Gasteiger partial charge on any atom is -0.387 e. The third-order valence-electron chi connectivity index (χ3n) is 5.02. The van der Waals surface area contributed by atoms with Gasteiger partial charge in [-0.3, -0.25) is 4.79 Å². The van der Waals surface area contributed by atoms with Gasteiger partial charge in [0.05, 0.1) is 11.7 Å². The van der Waals surface area contributed by atoms with Gasteiger partial charge in [-0.05, 0) is 36.3 Å². The van der Waals surface area contributed by atoms with E-state index in [1.54, 1.807) is 23.7 Å². The van der Waals surface area contributed by atoms with Gasteiger partial charge in [-0.25, -0.2) is 4.98 Å². The number of piperidine rings is 1. The lowest BCUT2D eigenvalue weighted by atomic mass is 9.90. The Balaban J connectivity index is 1.46. The van der Waals surface area contributed by atoms with E-state index in [9.17, 15) is 9.90 Å². The van der Waals surface area contributed by atoms with Gasteiger partial charge in [0.1, 0.15) is 5.82 Å². The molecule has 4 rings (SSSR count). The lowest BCUT2D eigenvalue weighted by Crippen LogP contribution is -2.39. The van der Waals surface area contributed by atoms with Crippen molar-refractivity contribution in [3.8, 4) is 11.4 Å². The first kappa shape index (κ1) is 17.0. The van der Waals surface area contributed by atoms with E-state index in [-0.39, 0.29) is 11.8 Å². The molecule has 5 nitrogen and oxygen atoms in total. The van der Waals surface area contributed by atoms with Gasteiger partial charge >= 0.3 is 0 Å². The average Bonchev–Trinajstić information content (AvgIpc) is 3.41. The number of aromatic nitrogens is 2. The topological polar surface area (TPSA) is 69.2 Å². The molecule has 0 saturated carbocycles. The molecule has 1 atom stereocenters. The first-order valence-corrected chi connectivity index (χ1v) is 9.71. The van der Waals surface area contributed by atoms with Gasteiger partial charge in [-0.1, -0.05) is 24.3 Å². The smallest absolute Gasteiger partial charge is 0.254 e. The standard InChI is InChI=1S/C20H21N3O2S/c24-18(17-6-3-13-26-17)14-7-11-23(12-8-14)20(25)16-5-2-1-4-15(16)19-21-9-10-22-19/h1-6,9-10,13-14,18,24H,7-8,11-12H2,(H,21,22)/t18-/m1/s1. The summed E-state index contributed by atoms with van der Waals surface area (Å²) in [6.45, 7) is 1.33. The Hall–Kier alpha value is -2.44. The first-order chi connectivity index (χ1) is 12.7. The Morgan fingerprint density at radius 1 is 1.23 bits per heavy atom. The van der Waals surface area contributed by atoms with Gasteiger partial charge in [0.25, 0.3) is 5.91 Å². The monoisotopic (exact) mass is 367 g/mol. The normalized spacial score (nSPS) is 16.6. The molecule has 1 saturated heterocycles. The Bertz CT molecular complexity index is 853. The summed E-state index contributed by atoms with van der Waals surface area (Å²) in [4.78, 5) is 23.3. The van der Waals surface area contributed by atoms with Gasteiger partial charge < -0.3 is 15.0 Å². The molecule has 0 bridgehead atoms. The second-order valence-electron chi connectivity index (χ2n) is 6.57. The van der Waals surface area contributed by atoms with Gasteiger partial charge in [-0.15, -0.1) is 11.3 Å². The van der Waals surface area contributed by atoms with E-state index in [2.05, 4.69) is 9.97 Å². The van der Waals surface area contributed by atoms with Crippen molar-refractivity contribution in [2.45, 2.75) is 18.9 Å². The van der Waals surface area contributed by atoms with Crippen LogP contribution in [0.1, 0.15) is 34.2 Å². The van der Waals surface area contributed by atoms with Crippen LogP contribution in [0.15, 0.2) is 54.2 Å². The maximum absolute atomic E-state index is 13.0. The Kier molecular flexibility index (Phi) is 4.86. The van der Waals surface area contributed by atoms with Crippen LogP contribution in [0.5, 0.6) is 0 Å². The summed E-state index contributed by atoms with van der Waals surface area (Å²) in [5, 5.41) is 12.5. The van der Waals surface area contributed by atoms with E-state index in [0.717, 1.165) is 23.3 Å². The number of aliphatic hydroxyl groups is 1. The molecular formula is C20H21N3O2S. The number of likely N-dealkylation sites (tertiary alicyclic amines) is 1. The number of nitrogens with one attached hydrogen (secondary N) is 1. The molecule has 1 aliphatic heterocycles. The molecule has 0 spiro atoms. The van der Waals surface area contributed by atoms with Crippen molar-refractivity contribution in [3.63, 3.8) is 0 Å². The van der Waals surface area contributed by atoms with Crippen molar-refractivity contribution >= 4 is 17.2 Å². The van der Waals surface area contributed by atoms with Crippen LogP contribution in [0.25, 0.3) is 11.4 Å². The zero-order valence-electron chi connectivity index (χ0n) is 14.3. The van der Waals surface area contributed by atoms with E-state index in [4.69, 9.17) is 0 Å². The predicted octanol–water partition coefficient (Wildman–Crippen LogP) is 3.72. The predicted molar refractivity (Wildman–Crippen MR) is 102 cm³/mol. The zero-order valence-corrected chi connectivity index (χ0v) is 15.2. The summed E-state index contributed by atoms with van der Waals surface area (Å²) in [6.07, 6.45) is 4.64. The maximum Gasteiger partial charge on any atom is 0.254 e. The molecule has 2 N–H and O–H groups in total. The summed E-state index contributed by atoms with van der Waals surface area (Å²) >= 11 is 1.59. The third-order valence-corrected chi connectivity index (χ3v) is 5.96. The average molecular weight is 367 g/mol. The number of hydrogen-bond acceptors (Lipinski definition) is 4. The fraction of sp³-hybridized carbons (Fsp3) is 0.300. The number of amides is 1. The number of aromatic amines is 1. The SMILES string of the molecule is O=C(c1ccccc1-c1ncc[nH]1)N1CCC([C@@H](O)c2cccs2)CC1. The molecule has 1 amide bonds. The zero-order chi connectivity index (χ0) is 17.9. The molecule has 6 heteroatoms. The molecule has 0 aliphatic carbocycles. The highest BCUT2D eigenvalue weighted by molar-refractivity contribution is 7.10. The van der Waals surface area contributed by atoms with Crippen LogP contribution in [0.4, 0.5) is 0 Å². The molecule has 3 aromatic rings. The molecule has 2 aromatic heterocycles. The van der Waals surface area contributed by atoms with Crippen molar-refractivity contribution in [1.82, 2.24) is 14.9 Å². The Morgan fingerprint density at radius 2 is 2.04 bits per heavy atom. The first-order valence-electron chi connectivity index (χ1n) is 8.83. The van der Waals surface area contributed by atoms with E-state index < -0.39 is 6.10 Å². The van der Waals surface area contributed by atoms with E-state index >= 15 is 0 Å². The van der Waals surface area contributed by atoms with Crippen molar-refractivity contribution < 1.29 is 9.90 Å². The van der Waals surface area contributed by atoms with Gasteiger partial charge in [-0.2, -0.15) is 0 Å². The summed E-state index contributed by atoms with van der Waals surface area (Å²) in [6, 6.07) is 11.5. The largest absolute Gasteiger partial charge is 0.387 e. The van der Waals surface area contributed by atoms with E-state index in [1.807, 2.05) is 46.7 Å². The summed E-state index contributed by atoms with van der Waals surface area (Å²) < 4.78 is 0. The second-order valence-corrected chi connectivity index (χ2v) is 7.55. The minimum atomic E-state index is -0.428. The maximum atomic E-state index is 13.0. The third kappa shape index (κ3) is 3.30. The molecule has 0 unspecified atom stereocenters. The van der Waals surface area contributed by atoms with Gasteiger partial charge in [0.2, 0.25) is 0 Å². The van der Waals surface area contributed by atoms with Crippen LogP contribution in [0.3, 0.4) is 0 Å². The molecule has 1 aromatic carbocycles. The van der Waals surface area contributed by atoms with Crippen LogP contribution >= 0.6 is 11.3 Å². The van der Waals surface area contributed by atoms with Crippen molar-refractivity contribution in [2.24, 2.45) is 5.92 Å². The molecule has 1 fully saturated rings. The summed E-state index contributed by atoms with van der Waals surface area (Å²) in [5.41, 5.74) is 1.49. The highest BCUT2D eigenvalue weighted by Crippen LogP contribution is 2.33. The van der Waals surface area contributed by atoms with Crippen LogP contribution < -0.4 is 0 Å². The van der Waals surface area contributed by atoms with Crippen LogP contribution in [-0.4, -0.2) is 39.0 Å². The minimum absolute atomic E-state index is 0.0288. The van der Waals surface area contributed by atoms with Crippen LogP contribution in [-0.2, 0) is 0 Å². The van der Waals surface area contributed by atoms with Crippen LogP contribution in [0, 0.1) is 5.92 Å². The number of imidazole rings is 1. The quantitative estimate of drug-likeness (QED) is 0.738. The number of carbonyl (C=O) groups is 1. The fourth-order valence-electron chi connectivity index (χ4n) is 3.57. The highest BCUT2D eigenvalue weighted by Gasteiger charge is 2.30. The number of hydrogen-bond donors (Lipinski definition) is 2. The lowest BCUT2D eigenvalue weighted by Gasteiger charge is -2.34. The number of benzene rings is 1. The summed E-state index contributed by atoms with van der Waals surface area (Å²) in [5.74, 6) is 0.941. The van der Waals surface area contributed by atoms with Crippen LogP contribution in [0.2, 0.25) is 0 Å². The molecule has 3 heterocycles. The molecule has 26 heavy (non-hydrogen) atoms. The molecule has 134 valence electrons. The number of carbonyl (C=O) groups excluding carboxylic acids is 1. The number of nitrogens with zero attached hydrogens (tertiary/aromatic N) is 2. The molecule has 0 radical (unpaired) electrons. The Labute approximate surface area is 156 Å². The number of H-pyrrole nitrogens is 1. The molecule has 1 aliphatic rings.